The summed E-state index contributed by atoms with van der Waals surface area (Å²) in [7, 11) is 0. The second-order valence-corrected chi connectivity index (χ2v) is 3.71. The van der Waals surface area contributed by atoms with Crippen LogP contribution in [0.15, 0.2) is 59.0 Å². The third kappa shape index (κ3) is 1.99. The van der Waals surface area contributed by atoms with Crippen molar-refractivity contribution >= 4 is 15.9 Å². The average Bonchev–Trinajstić information content (AvgIpc) is 2.21. The minimum absolute atomic E-state index is 0.547. The van der Waals surface area contributed by atoms with Gasteiger partial charge in [0.2, 0.25) is 0 Å². The fourth-order valence-corrected chi connectivity index (χ4v) is 1.49. The van der Waals surface area contributed by atoms with Crippen molar-refractivity contribution in [2.75, 3.05) is 0 Å². The Labute approximate surface area is 87.8 Å². The van der Waals surface area contributed by atoms with Gasteiger partial charge in [0.15, 0.2) is 0 Å². The van der Waals surface area contributed by atoms with E-state index in [1.807, 2.05) is 24.3 Å². The third-order valence-electron chi connectivity index (χ3n) is 1.90. The molecule has 0 heterocycles. The second-order valence-electron chi connectivity index (χ2n) is 2.80. The molecule has 1 heteroatoms. The molecule has 0 nitrogen and oxygen atoms in total. The van der Waals surface area contributed by atoms with Gasteiger partial charge in [-0.3, -0.25) is 0 Å². The summed E-state index contributed by atoms with van der Waals surface area (Å²) in [5, 5.41) is 0. The van der Waals surface area contributed by atoms with Gasteiger partial charge in [0, 0.05) is 4.47 Å². The molecule has 0 aliphatic carbocycles. The zero-order chi connectivity index (χ0) is 9.97. The normalized spacial score (nSPS) is 11.0. The van der Waals surface area contributed by atoms with Crippen molar-refractivity contribution < 1.29 is 1.37 Å². The van der Waals surface area contributed by atoms with Crippen molar-refractivity contribution in [1.29, 1.82) is 0 Å². The summed E-state index contributed by atoms with van der Waals surface area (Å²) in [6.45, 7) is 0. The molecule has 2 aromatic rings. The van der Waals surface area contributed by atoms with Crippen molar-refractivity contribution in [3.8, 4) is 11.1 Å². The van der Waals surface area contributed by atoms with Gasteiger partial charge in [0.1, 0.15) is 0 Å². The first-order chi connectivity index (χ1) is 6.75. The maximum atomic E-state index is 7.38. The van der Waals surface area contributed by atoms with Crippen LogP contribution in [0.5, 0.6) is 0 Å². The Morgan fingerprint density at radius 1 is 0.846 bits per heavy atom. The third-order valence-corrected chi connectivity index (χ3v) is 2.42. The van der Waals surface area contributed by atoms with E-state index >= 15 is 0 Å². The van der Waals surface area contributed by atoms with E-state index < -0.39 is 0 Å². The Morgan fingerprint density at radius 2 is 1.38 bits per heavy atom. The van der Waals surface area contributed by atoms with Crippen LogP contribution in [0.3, 0.4) is 0 Å². The van der Waals surface area contributed by atoms with Crippen molar-refractivity contribution in [3.63, 3.8) is 0 Å². The topological polar surface area (TPSA) is 0 Å². The largest absolute Gasteiger partial charge is 0.0623 e. The molecule has 0 fully saturated rings. The lowest BCUT2D eigenvalue weighted by Crippen LogP contribution is -1.75. The molecule has 0 aliphatic rings. The van der Waals surface area contributed by atoms with Gasteiger partial charge in [0.25, 0.3) is 0 Å². The van der Waals surface area contributed by atoms with Crippen LogP contribution in [0.4, 0.5) is 0 Å². The predicted molar refractivity (Wildman–Crippen MR) is 59.6 cm³/mol. The molecule has 0 unspecified atom stereocenters. The van der Waals surface area contributed by atoms with Gasteiger partial charge in [-0.15, -0.1) is 0 Å². The van der Waals surface area contributed by atoms with E-state index in [2.05, 4.69) is 28.1 Å². The van der Waals surface area contributed by atoms with Crippen LogP contribution in [-0.4, -0.2) is 0 Å². The second kappa shape index (κ2) is 3.75. The summed E-state index contributed by atoms with van der Waals surface area (Å²) >= 11 is 3.40. The summed E-state index contributed by atoms with van der Waals surface area (Å²) in [6, 6.07) is 16.2. The van der Waals surface area contributed by atoms with Crippen LogP contribution < -0.4 is 0 Å². The number of benzene rings is 2. The molecule has 64 valence electrons. The highest BCUT2D eigenvalue weighted by molar-refractivity contribution is 9.10. The standard InChI is InChI=1S/C12H9Br/c13-12-8-6-11(7-9-12)10-4-2-1-3-5-10/h1-9H/i1D. The van der Waals surface area contributed by atoms with Crippen LogP contribution in [0.1, 0.15) is 1.37 Å². The molecule has 0 aliphatic heterocycles. The lowest BCUT2D eigenvalue weighted by Gasteiger charge is -2.00. The van der Waals surface area contributed by atoms with E-state index in [1.54, 1.807) is 12.1 Å². The molecule has 0 N–H and O–H groups in total. The molecule has 0 bridgehead atoms. The average molecular weight is 234 g/mol. The molecule has 2 rings (SSSR count). The molecular weight excluding hydrogens is 224 g/mol. The fraction of sp³-hybridized carbons (Fsp3) is 0. The predicted octanol–water partition coefficient (Wildman–Crippen LogP) is 4.12. The fourth-order valence-electron chi connectivity index (χ4n) is 1.22. The van der Waals surface area contributed by atoms with Gasteiger partial charge in [0.05, 0.1) is 1.37 Å². The number of hydrogen-bond acceptors (Lipinski definition) is 0. The lowest BCUT2D eigenvalue weighted by atomic mass is 10.1. The van der Waals surface area contributed by atoms with Crippen molar-refractivity contribution in [2.45, 2.75) is 0 Å². The van der Waals surface area contributed by atoms with Gasteiger partial charge in [-0.1, -0.05) is 58.4 Å². The van der Waals surface area contributed by atoms with Crippen LogP contribution in [-0.2, 0) is 0 Å². The van der Waals surface area contributed by atoms with Gasteiger partial charge < -0.3 is 0 Å². The molecule has 0 saturated heterocycles. The first-order valence-electron chi connectivity index (χ1n) is 4.58. The molecule has 0 amide bonds. The molecule has 13 heavy (non-hydrogen) atoms. The molecule has 0 saturated carbocycles. The van der Waals surface area contributed by atoms with Crippen LogP contribution in [0.25, 0.3) is 11.1 Å². The highest BCUT2D eigenvalue weighted by Crippen LogP contribution is 2.20. The number of rotatable bonds is 1. The molecule has 0 spiro atoms. The maximum absolute atomic E-state index is 7.38. The van der Waals surface area contributed by atoms with E-state index in [9.17, 15) is 0 Å². The van der Waals surface area contributed by atoms with Gasteiger partial charge >= 0.3 is 0 Å². The summed E-state index contributed by atoms with van der Waals surface area (Å²) in [5.41, 5.74) is 2.32. The Bertz CT molecular complexity index is 374. The molecule has 0 atom stereocenters. The Morgan fingerprint density at radius 3 is 2.00 bits per heavy atom. The number of halogens is 1. The number of hydrogen-bond donors (Lipinski definition) is 0. The van der Waals surface area contributed by atoms with E-state index in [4.69, 9.17) is 1.37 Å². The molecular formula is C12H9Br. The zero-order valence-corrected chi connectivity index (χ0v) is 8.58. The Hall–Kier alpha value is -1.08. The molecule has 0 aromatic heterocycles. The van der Waals surface area contributed by atoms with E-state index in [0.29, 0.717) is 6.04 Å². The van der Waals surface area contributed by atoms with E-state index in [1.165, 1.54) is 5.56 Å². The highest BCUT2D eigenvalue weighted by atomic mass is 79.9. The zero-order valence-electron chi connectivity index (χ0n) is 8.00. The smallest absolute Gasteiger partial charge is 0.0622 e. The Kier molecular flexibility index (Phi) is 2.12. The highest BCUT2D eigenvalue weighted by Gasteiger charge is 1.94. The maximum Gasteiger partial charge on any atom is 0.0623 e. The molecule has 2 aromatic carbocycles. The van der Waals surface area contributed by atoms with Crippen molar-refractivity contribution in [2.24, 2.45) is 0 Å². The SMILES string of the molecule is [2H]c1ccc(-c2ccc(Br)cc2)cc1. The monoisotopic (exact) mass is 233 g/mol. The van der Waals surface area contributed by atoms with Crippen molar-refractivity contribution in [3.05, 3.63) is 59.0 Å². The van der Waals surface area contributed by atoms with Gasteiger partial charge in [-0.2, -0.15) is 0 Å². The van der Waals surface area contributed by atoms with Crippen LogP contribution >= 0.6 is 15.9 Å². The van der Waals surface area contributed by atoms with E-state index in [0.717, 1.165) is 10.0 Å². The first kappa shape index (κ1) is 7.34. The van der Waals surface area contributed by atoms with E-state index in [-0.39, 0.29) is 0 Å². The Balaban J connectivity index is 2.40. The lowest BCUT2D eigenvalue weighted by molar-refractivity contribution is 1.59. The van der Waals surface area contributed by atoms with Gasteiger partial charge in [-0.05, 0) is 23.3 Å². The summed E-state index contributed by atoms with van der Waals surface area (Å²) in [6.07, 6.45) is 0. The minimum atomic E-state index is 0.547. The summed E-state index contributed by atoms with van der Waals surface area (Å²) in [5.74, 6) is 0. The van der Waals surface area contributed by atoms with Crippen molar-refractivity contribution in [1.82, 2.24) is 0 Å². The summed E-state index contributed by atoms with van der Waals surface area (Å²) in [4.78, 5) is 0. The first-order valence-corrected chi connectivity index (χ1v) is 4.87. The quantitative estimate of drug-likeness (QED) is 0.696. The minimum Gasteiger partial charge on any atom is -0.0622 e. The van der Waals surface area contributed by atoms with Crippen LogP contribution in [0, 0.1) is 0 Å². The van der Waals surface area contributed by atoms with Gasteiger partial charge in [-0.25, -0.2) is 0 Å². The molecule has 0 radical (unpaired) electrons. The summed E-state index contributed by atoms with van der Waals surface area (Å²) < 4.78 is 8.46. The van der Waals surface area contributed by atoms with Crippen LogP contribution in [0.2, 0.25) is 0 Å².